The van der Waals surface area contributed by atoms with Gasteiger partial charge in [0.15, 0.2) is 5.82 Å². The van der Waals surface area contributed by atoms with Gasteiger partial charge in [-0.15, -0.1) is 0 Å². The number of halogens is 3. The van der Waals surface area contributed by atoms with Gasteiger partial charge in [0.25, 0.3) is 0 Å². The number of aromatic nitrogens is 6. The molecule has 1 aliphatic rings. The second-order valence-corrected chi connectivity index (χ2v) is 8.01. The largest absolute Gasteiger partial charge is 0.411 e. The zero-order valence-electron chi connectivity index (χ0n) is 19.5. The van der Waals surface area contributed by atoms with E-state index in [1.54, 1.807) is 16.9 Å². The Hall–Kier alpha value is -3.10. The van der Waals surface area contributed by atoms with Crippen molar-refractivity contribution < 1.29 is 22.6 Å². The molecule has 190 valence electrons. The van der Waals surface area contributed by atoms with Gasteiger partial charge in [-0.2, -0.15) is 23.3 Å². The fourth-order valence-electron chi connectivity index (χ4n) is 3.77. The lowest BCUT2D eigenvalue weighted by Gasteiger charge is -2.34. The van der Waals surface area contributed by atoms with Crippen molar-refractivity contribution in [3.8, 4) is 0 Å². The molecule has 0 spiro atoms. The van der Waals surface area contributed by atoms with E-state index in [-0.39, 0.29) is 25.8 Å². The molecule has 0 aromatic carbocycles. The molecule has 1 saturated heterocycles. The van der Waals surface area contributed by atoms with Gasteiger partial charge in [-0.1, -0.05) is 0 Å². The third-order valence-corrected chi connectivity index (χ3v) is 5.39. The van der Waals surface area contributed by atoms with E-state index in [4.69, 9.17) is 19.4 Å². The molecular weight excluding hydrogens is 467 g/mol. The fraction of sp³-hybridized carbons (Fsp3) is 0.571. The van der Waals surface area contributed by atoms with Crippen LogP contribution in [0.25, 0.3) is 11.0 Å². The highest BCUT2D eigenvalue weighted by atomic mass is 19.4. The van der Waals surface area contributed by atoms with Crippen molar-refractivity contribution in [1.29, 1.82) is 0 Å². The smallest absolute Gasteiger partial charge is 0.375 e. The minimum atomic E-state index is -4.40. The minimum absolute atomic E-state index is 0.0733. The van der Waals surface area contributed by atoms with Crippen LogP contribution in [0.4, 0.5) is 30.8 Å². The van der Waals surface area contributed by atoms with Crippen molar-refractivity contribution in [1.82, 2.24) is 35.0 Å². The summed E-state index contributed by atoms with van der Waals surface area (Å²) >= 11 is 0. The molecule has 1 aliphatic heterocycles. The lowest BCUT2D eigenvalue weighted by molar-refractivity contribution is -0.174. The summed E-state index contributed by atoms with van der Waals surface area (Å²) in [5, 5.41) is 11.1. The van der Waals surface area contributed by atoms with E-state index in [0.29, 0.717) is 40.9 Å². The number of hydrogen-bond acceptors (Lipinski definition) is 10. The van der Waals surface area contributed by atoms with Gasteiger partial charge in [0.2, 0.25) is 5.95 Å². The Labute approximate surface area is 200 Å². The Morgan fingerprint density at radius 3 is 2.83 bits per heavy atom. The van der Waals surface area contributed by atoms with Crippen molar-refractivity contribution in [2.24, 2.45) is 0 Å². The normalized spacial score (nSPS) is 16.7. The number of fused-ring (bicyclic) bond motifs is 1. The van der Waals surface area contributed by atoms with E-state index in [1.807, 2.05) is 6.92 Å². The zero-order chi connectivity index (χ0) is 24.8. The number of nitrogens with zero attached hydrogens (tertiary/aromatic N) is 7. The quantitative estimate of drug-likeness (QED) is 0.406. The number of piperazine rings is 1. The van der Waals surface area contributed by atoms with Crippen LogP contribution in [-0.4, -0.2) is 81.4 Å². The molecule has 3 aromatic heterocycles. The summed E-state index contributed by atoms with van der Waals surface area (Å²) in [7, 11) is 0. The summed E-state index contributed by atoms with van der Waals surface area (Å²) in [4.78, 5) is 19.9. The first-order valence-corrected chi connectivity index (χ1v) is 11.4. The van der Waals surface area contributed by atoms with Crippen molar-refractivity contribution in [3.63, 3.8) is 0 Å². The molecule has 1 fully saturated rings. The molecule has 35 heavy (non-hydrogen) atoms. The molecule has 4 rings (SSSR count). The summed E-state index contributed by atoms with van der Waals surface area (Å²) in [6, 6.07) is 1.85. The molecule has 14 heteroatoms. The number of anilines is 3. The van der Waals surface area contributed by atoms with E-state index in [9.17, 15) is 13.2 Å². The molecule has 2 N–H and O–H groups in total. The Morgan fingerprint density at radius 2 is 2.11 bits per heavy atom. The molecule has 0 unspecified atom stereocenters. The number of hydrogen-bond donors (Lipinski definition) is 2. The highest BCUT2D eigenvalue weighted by Crippen LogP contribution is 2.29. The van der Waals surface area contributed by atoms with Crippen LogP contribution in [0.3, 0.4) is 0 Å². The van der Waals surface area contributed by atoms with Crippen molar-refractivity contribution in [2.75, 3.05) is 49.7 Å². The first-order valence-electron chi connectivity index (χ1n) is 11.4. The number of rotatable bonds is 10. The van der Waals surface area contributed by atoms with Gasteiger partial charge in [-0.25, -0.2) is 15.0 Å². The second kappa shape index (κ2) is 11.1. The Kier molecular flexibility index (Phi) is 7.93. The highest BCUT2D eigenvalue weighted by molar-refractivity contribution is 5.90. The molecular formula is C21H28F3N9O2. The SMILES string of the molecule is CCOCc1nn(CCOCC(F)(F)F)c2c(Nc3ccncn3)nc(N3CCNC[C@@H]3C)nc12. The van der Waals surface area contributed by atoms with E-state index < -0.39 is 12.8 Å². The van der Waals surface area contributed by atoms with E-state index >= 15 is 0 Å². The molecule has 1 atom stereocenters. The average molecular weight is 496 g/mol. The van der Waals surface area contributed by atoms with E-state index in [0.717, 1.165) is 19.6 Å². The van der Waals surface area contributed by atoms with Crippen molar-refractivity contribution in [2.45, 2.75) is 39.2 Å². The summed E-state index contributed by atoms with van der Waals surface area (Å²) in [6.07, 6.45) is -1.40. The van der Waals surface area contributed by atoms with Crippen LogP contribution in [0.2, 0.25) is 0 Å². The van der Waals surface area contributed by atoms with Crippen molar-refractivity contribution >= 4 is 28.6 Å². The predicted molar refractivity (Wildman–Crippen MR) is 123 cm³/mol. The monoisotopic (exact) mass is 495 g/mol. The van der Waals surface area contributed by atoms with Gasteiger partial charge < -0.3 is 25.0 Å². The molecule has 0 aliphatic carbocycles. The fourth-order valence-corrected chi connectivity index (χ4v) is 3.77. The van der Waals surface area contributed by atoms with Crippen LogP contribution < -0.4 is 15.5 Å². The van der Waals surface area contributed by atoms with Gasteiger partial charge in [0.1, 0.15) is 35.5 Å². The van der Waals surface area contributed by atoms with Crippen LogP contribution in [0.15, 0.2) is 18.6 Å². The molecule has 0 radical (unpaired) electrons. The topological polar surface area (TPSA) is 115 Å². The maximum Gasteiger partial charge on any atom is 0.411 e. The van der Waals surface area contributed by atoms with Crippen LogP contribution in [0.5, 0.6) is 0 Å². The third kappa shape index (κ3) is 6.32. The predicted octanol–water partition coefficient (Wildman–Crippen LogP) is 2.27. The van der Waals surface area contributed by atoms with Gasteiger partial charge >= 0.3 is 6.18 Å². The summed E-state index contributed by atoms with van der Waals surface area (Å²) in [6.45, 7) is 5.49. The van der Waals surface area contributed by atoms with Gasteiger partial charge in [-0.05, 0) is 19.9 Å². The van der Waals surface area contributed by atoms with Gasteiger partial charge in [0, 0.05) is 38.5 Å². The lowest BCUT2D eigenvalue weighted by atomic mass is 10.2. The maximum absolute atomic E-state index is 12.5. The van der Waals surface area contributed by atoms with Crippen LogP contribution in [0, 0.1) is 0 Å². The first kappa shape index (κ1) is 25.0. The van der Waals surface area contributed by atoms with Crippen LogP contribution in [-0.2, 0) is 22.6 Å². The minimum Gasteiger partial charge on any atom is -0.375 e. The Morgan fingerprint density at radius 1 is 1.26 bits per heavy atom. The Bertz CT molecular complexity index is 1110. The Balaban J connectivity index is 1.76. The van der Waals surface area contributed by atoms with E-state index in [1.165, 1.54) is 6.33 Å². The molecule has 0 saturated carbocycles. The highest BCUT2D eigenvalue weighted by Gasteiger charge is 2.28. The molecule has 3 aromatic rings. The lowest BCUT2D eigenvalue weighted by Crippen LogP contribution is -2.50. The first-order chi connectivity index (χ1) is 16.9. The van der Waals surface area contributed by atoms with E-state index in [2.05, 4.69) is 37.5 Å². The van der Waals surface area contributed by atoms with Crippen molar-refractivity contribution in [3.05, 3.63) is 24.3 Å². The summed E-state index contributed by atoms with van der Waals surface area (Å²) in [5.41, 5.74) is 1.65. The number of alkyl halides is 3. The number of nitrogens with one attached hydrogen (secondary N) is 2. The van der Waals surface area contributed by atoms with Gasteiger partial charge in [0.05, 0.1) is 19.8 Å². The number of ether oxygens (including phenoxy) is 2. The summed E-state index contributed by atoms with van der Waals surface area (Å²) in [5.74, 6) is 1.46. The standard InChI is InChI=1S/C21H28F3N9O2/c1-3-34-11-15-17-18(33(31-15)8-9-35-12-21(22,23)24)19(28-16-4-5-26-13-27-16)30-20(29-17)32-7-6-25-10-14(32)2/h4-5,13-14,25H,3,6-12H2,1-2H3,(H,26,27,28,29,30)/t14-/m0/s1. The summed E-state index contributed by atoms with van der Waals surface area (Å²) < 4.78 is 49.5. The molecule has 11 nitrogen and oxygen atoms in total. The third-order valence-electron chi connectivity index (χ3n) is 5.39. The molecule has 0 bridgehead atoms. The van der Waals surface area contributed by atoms with Crippen LogP contribution in [0.1, 0.15) is 19.5 Å². The van der Waals surface area contributed by atoms with Gasteiger partial charge in [-0.3, -0.25) is 4.68 Å². The molecule has 0 amide bonds. The molecule has 4 heterocycles. The second-order valence-electron chi connectivity index (χ2n) is 8.01. The zero-order valence-corrected chi connectivity index (χ0v) is 19.5. The maximum atomic E-state index is 12.5. The van der Waals surface area contributed by atoms with Crippen LogP contribution >= 0.6 is 0 Å². The average Bonchev–Trinajstić information content (AvgIpc) is 3.18.